The Bertz CT molecular complexity index is 937. The molecule has 0 spiro atoms. The number of pyridine rings is 1. The summed E-state index contributed by atoms with van der Waals surface area (Å²) in [4.78, 5) is 26.6. The second-order valence-corrected chi connectivity index (χ2v) is 5.01. The molecule has 25 heavy (non-hydrogen) atoms. The van der Waals surface area contributed by atoms with E-state index in [4.69, 9.17) is 9.26 Å². The van der Waals surface area contributed by atoms with Crippen molar-refractivity contribution in [1.29, 1.82) is 0 Å². The number of para-hydroxylation sites is 1. The smallest absolute Gasteiger partial charge is 0.345 e. The van der Waals surface area contributed by atoms with Crippen LogP contribution < -0.4 is 5.32 Å². The molecule has 0 bridgehead atoms. The molecule has 2 heterocycles. The second kappa shape index (κ2) is 6.95. The first kappa shape index (κ1) is 16.4. The summed E-state index contributed by atoms with van der Waals surface area (Å²) in [5.41, 5.74) is 0.596. The van der Waals surface area contributed by atoms with E-state index in [1.165, 1.54) is 12.3 Å². The van der Waals surface area contributed by atoms with Crippen molar-refractivity contribution < 1.29 is 19.0 Å². The van der Waals surface area contributed by atoms with E-state index in [1.54, 1.807) is 13.0 Å². The van der Waals surface area contributed by atoms with E-state index in [2.05, 4.69) is 15.5 Å². The highest BCUT2D eigenvalue weighted by Crippen LogP contribution is 2.28. The van der Waals surface area contributed by atoms with Gasteiger partial charge in [0.05, 0.1) is 18.1 Å². The highest BCUT2D eigenvalue weighted by Gasteiger charge is 2.27. The van der Waals surface area contributed by atoms with Crippen LogP contribution in [0.1, 0.15) is 23.0 Å². The molecule has 3 rings (SSSR count). The highest BCUT2D eigenvalue weighted by atomic mass is 16.6. The maximum atomic E-state index is 11.9. The topological polar surface area (TPSA) is 120 Å². The van der Waals surface area contributed by atoms with Crippen LogP contribution in [0.25, 0.3) is 11.0 Å². The average molecular weight is 342 g/mol. The van der Waals surface area contributed by atoms with Crippen LogP contribution in [-0.2, 0) is 11.3 Å². The van der Waals surface area contributed by atoms with Crippen molar-refractivity contribution in [3.63, 3.8) is 0 Å². The number of nitrogens with zero attached hydrogens (tertiary/aromatic N) is 3. The number of carbonyl (C=O) groups is 1. The van der Waals surface area contributed by atoms with Gasteiger partial charge in [-0.25, -0.2) is 9.78 Å². The maximum Gasteiger partial charge on any atom is 0.345 e. The van der Waals surface area contributed by atoms with Crippen LogP contribution in [0.15, 0.2) is 41.1 Å². The number of hydrogen-bond acceptors (Lipinski definition) is 8. The zero-order valence-electron chi connectivity index (χ0n) is 13.3. The predicted molar refractivity (Wildman–Crippen MR) is 88.2 cm³/mol. The molecular formula is C16H14N4O5. The molecule has 3 aromatic rings. The molecule has 0 saturated heterocycles. The van der Waals surface area contributed by atoms with Gasteiger partial charge in [-0.3, -0.25) is 10.1 Å². The van der Waals surface area contributed by atoms with Gasteiger partial charge in [0.1, 0.15) is 11.3 Å². The van der Waals surface area contributed by atoms with E-state index < -0.39 is 16.6 Å². The molecule has 0 saturated carbocycles. The third-order valence-electron chi connectivity index (χ3n) is 3.48. The van der Waals surface area contributed by atoms with Crippen LogP contribution in [0, 0.1) is 10.1 Å². The lowest BCUT2D eigenvalue weighted by atomic mass is 10.2. The minimum atomic E-state index is -0.772. The molecule has 9 heteroatoms. The standard InChI is InChI=1S/C16H14N4O5/c1-2-24-16(21)11-7-8-17-15(14(11)20(22)23)18-9-12-10-5-3-4-6-13(10)25-19-12/h3-8H,2,9H2,1H3,(H,17,18). The first-order valence-electron chi connectivity index (χ1n) is 7.49. The SMILES string of the molecule is CCOC(=O)c1ccnc(NCc2noc3ccccc23)c1[N+](=O)[O-]. The largest absolute Gasteiger partial charge is 0.462 e. The van der Waals surface area contributed by atoms with Crippen LogP contribution in [0.2, 0.25) is 0 Å². The van der Waals surface area contributed by atoms with Gasteiger partial charge in [0.2, 0.25) is 5.82 Å². The third-order valence-corrected chi connectivity index (χ3v) is 3.48. The van der Waals surface area contributed by atoms with E-state index in [9.17, 15) is 14.9 Å². The lowest BCUT2D eigenvalue weighted by Gasteiger charge is -2.08. The molecule has 128 valence electrons. The monoisotopic (exact) mass is 342 g/mol. The van der Waals surface area contributed by atoms with Crippen LogP contribution in [0.5, 0.6) is 0 Å². The summed E-state index contributed by atoms with van der Waals surface area (Å²) in [6, 6.07) is 8.52. The number of hydrogen-bond donors (Lipinski definition) is 1. The minimum Gasteiger partial charge on any atom is -0.462 e. The molecule has 9 nitrogen and oxygen atoms in total. The average Bonchev–Trinajstić information content (AvgIpc) is 3.03. The van der Waals surface area contributed by atoms with E-state index in [0.717, 1.165) is 5.39 Å². The van der Waals surface area contributed by atoms with E-state index in [-0.39, 0.29) is 24.5 Å². The number of rotatable bonds is 6. The number of anilines is 1. The number of aromatic nitrogens is 2. The van der Waals surface area contributed by atoms with Gasteiger partial charge < -0.3 is 14.6 Å². The van der Waals surface area contributed by atoms with Gasteiger partial charge in [-0.2, -0.15) is 0 Å². The van der Waals surface area contributed by atoms with E-state index >= 15 is 0 Å². The Labute approximate surface area is 141 Å². The highest BCUT2D eigenvalue weighted by molar-refractivity contribution is 5.96. The molecule has 0 aliphatic carbocycles. The Hall–Kier alpha value is -3.49. The number of ether oxygens (including phenoxy) is 1. The van der Waals surface area contributed by atoms with Crippen LogP contribution >= 0.6 is 0 Å². The molecule has 0 unspecified atom stereocenters. The summed E-state index contributed by atoms with van der Waals surface area (Å²) >= 11 is 0. The zero-order valence-corrected chi connectivity index (χ0v) is 13.3. The van der Waals surface area contributed by atoms with Crippen LogP contribution in [-0.4, -0.2) is 27.6 Å². The molecule has 1 aromatic carbocycles. The lowest BCUT2D eigenvalue weighted by Crippen LogP contribution is -2.12. The van der Waals surface area contributed by atoms with Gasteiger partial charge in [0.15, 0.2) is 5.58 Å². The van der Waals surface area contributed by atoms with Crippen LogP contribution in [0.3, 0.4) is 0 Å². The Balaban J connectivity index is 1.90. The fourth-order valence-corrected chi connectivity index (χ4v) is 2.37. The van der Waals surface area contributed by atoms with Crippen molar-refractivity contribution in [3.05, 3.63) is 57.9 Å². The van der Waals surface area contributed by atoms with E-state index in [0.29, 0.717) is 11.3 Å². The number of carbonyl (C=O) groups excluding carboxylic acids is 1. The lowest BCUT2D eigenvalue weighted by molar-refractivity contribution is -0.384. The number of nitro groups is 1. The van der Waals surface area contributed by atoms with Gasteiger partial charge in [0, 0.05) is 11.6 Å². The Morgan fingerprint density at radius 3 is 2.92 bits per heavy atom. The fourth-order valence-electron chi connectivity index (χ4n) is 2.37. The van der Waals surface area contributed by atoms with Gasteiger partial charge in [-0.1, -0.05) is 17.3 Å². The Kier molecular flexibility index (Phi) is 4.55. The second-order valence-electron chi connectivity index (χ2n) is 5.01. The summed E-state index contributed by atoms with van der Waals surface area (Å²) in [6.07, 6.45) is 1.31. The predicted octanol–water partition coefficient (Wildman–Crippen LogP) is 2.92. The quantitative estimate of drug-likeness (QED) is 0.412. The first-order valence-corrected chi connectivity index (χ1v) is 7.49. The summed E-state index contributed by atoms with van der Waals surface area (Å²) in [7, 11) is 0. The number of esters is 1. The molecular weight excluding hydrogens is 328 g/mol. The van der Waals surface area contributed by atoms with Crippen molar-refractivity contribution in [3.8, 4) is 0 Å². The van der Waals surface area contributed by atoms with Crippen molar-refractivity contribution in [2.45, 2.75) is 13.5 Å². The number of benzene rings is 1. The van der Waals surface area contributed by atoms with Gasteiger partial charge in [-0.15, -0.1) is 0 Å². The zero-order chi connectivity index (χ0) is 17.8. The van der Waals surface area contributed by atoms with Crippen molar-refractivity contribution >= 4 is 28.4 Å². The minimum absolute atomic E-state index is 0.0392. The third kappa shape index (κ3) is 3.25. The Morgan fingerprint density at radius 2 is 2.16 bits per heavy atom. The summed E-state index contributed by atoms with van der Waals surface area (Å²) in [5.74, 6) is -0.811. The molecule has 1 N–H and O–H groups in total. The maximum absolute atomic E-state index is 11.9. The van der Waals surface area contributed by atoms with Crippen LogP contribution in [0.4, 0.5) is 11.5 Å². The molecule has 0 fully saturated rings. The molecule has 0 aliphatic heterocycles. The van der Waals surface area contributed by atoms with E-state index in [1.807, 2.05) is 18.2 Å². The van der Waals surface area contributed by atoms with Gasteiger partial charge in [0.25, 0.3) is 0 Å². The fraction of sp³-hybridized carbons (Fsp3) is 0.188. The number of nitrogens with one attached hydrogen (secondary N) is 1. The molecule has 0 aliphatic rings. The van der Waals surface area contributed by atoms with Crippen molar-refractivity contribution in [1.82, 2.24) is 10.1 Å². The normalized spacial score (nSPS) is 10.6. The summed E-state index contributed by atoms with van der Waals surface area (Å²) < 4.78 is 10.0. The Morgan fingerprint density at radius 1 is 1.36 bits per heavy atom. The molecule has 0 amide bonds. The number of fused-ring (bicyclic) bond motifs is 1. The summed E-state index contributed by atoms with van der Waals surface area (Å²) in [6.45, 7) is 1.89. The molecule has 2 aromatic heterocycles. The molecule has 0 radical (unpaired) electrons. The first-order chi connectivity index (χ1) is 12.1. The van der Waals surface area contributed by atoms with Gasteiger partial charge in [-0.05, 0) is 25.1 Å². The van der Waals surface area contributed by atoms with Crippen molar-refractivity contribution in [2.24, 2.45) is 0 Å². The van der Waals surface area contributed by atoms with Gasteiger partial charge >= 0.3 is 11.7 Å². The molecule has 0 atom stereocenters. The van der Waals surface area contributed by atoms with Crippen molar-refractivity contribution in [2.75, 3.05) is 11.9 Å². The summed E-state index contributed by atoms with van der Waals surface area (Å²) in [5, 5.41) is 19.0.